The first-order chi connectivity index (χ1) is 10.1. The second-order valence-electron chi connectivity index (χ2n) is 6.00. The molecule has 2 atom stereocenters. The van der Waals surface area contributed by atoms with E-state index in [-0.39, 0.29) is 24.0 Å². The van der Waals surface area contributed by atoms with Crippen LogP contribution in [0.1, 0.15) is 38.7 Å². The number of guanidine groups is 1. The van der Waals surface area contributed by atoms with Gasteiger partial charge in [-0.1, -0.05) is 39.0 Å². The van der Waals surface area contributed by atoms with Gasteiger partial charge in [0.05, 0.1) is 6.54 Å². The zero-order valence-electron chi connectivity index (χ0n) is 13.9. The third-order valence-electron chi connectivity index (χ3n) is 3.85. The third kappa shape index (κ3) is 5.66. The van der Waals surface area contributed by atoms with E-state index in [4.69, 9.17) is 4.74 Å². The molecule has 1 saturated carbocycles. The normalized spacial score (nSPS) is 20.3. The molecule has 0 aliphatic heterocycles. The Labute approximate surface area is 151 Å². The Morgan fingerprint density at radius 2 is 2.05 bits per heavy atom. The molecule has 1 aliphatic rings. The first-order valence-electron chi connectivity index (χ1n) is 7.80. The van der Waals surface area contributed by atoms with Crippen LogP contribution < -0.4 is 15.4 Å². The van der Waals surface area contributed by atoms with E-state index in [9.17, 15) is 0 Å². The maximum Gasteiger partial charge on any atom is 0.191 e. The van der Waals surface area contributed by atoms with E-state index in [1.165, 1.54) is 12.0 Å². The number of para-hydroxylation sites is 1. The Kier molecular flexibility index (Phi) is 8.00. The monoisotopic (exact) mass is 417 g/mol. The third-order valence-corrected chi connectivity index (χ3v) is 3.85. The average molecular weight is 417 g/mol. The van der Waals surface area contributed by atoms with E-state index >= 15 is 0 Å². The fourth-order valence-electron chi connectivity index (χ4n) is 2.31. The molecule has 124 valence electrons. The number of nitrogens with zero attached hydrogens (tertiary/aromatic N) is 1. The van der Waals surface area contributed by atoms with Crippen LogP contribution in [-0.2, 0) is 0 Å². The van der Waals surface area contributed by atoms with Gasteiger partial charge in [-0.2, -0.15) is 0 Å². The van der Waals surface area contributed by atoms with E-state index < -0.39 is 0 Å². The smallest absolute Gasteiger partial charge is 0.191 e. The van der Waals surface area contributed by atoms with Crippen molar-refractivity contribution >= 4 is 29.9 Å². The maximum atomic E-state index is 5.89. The number of aliphatic imine (C=N–C) groups is 1. The zero-order chi connectivity index (χ0) is 15.2. The van der Waals surface area contributed by atoms with Gasteiger partial charge in [-0.3, -0.25) is 4.99 Å². The summed E-state index contributed by atoms with van der Waals surface area (Å²) in [5.74, 6) is 3.08. The Morgan fingerprint density at radius 3 is 2.64 bits per heavy atom. The molecule has 0 amide bonds. The number of hydrogen-bond donors (Lipinski definition) is 2. The first kappa shape index (κ1) is 19.1. The van der Waals surface area contributed by atoms with Crippen LogP contribution in [0.15, 0.2) is 29.3 Å². The van der Waals surface area contributed by atoms with Gasteiger partial charge in [0.2, 0.25) is 0 Å². The molecule has 1 aliphatic carbocycles. The van der Waals surface area contributed by atoms with Gasteiger partial charge in [0.25, 0.3) is 0 Å². The molecule has 1 aromatic rings. The molecule has 2 N–H and O–H groups in total. The van der Waals surface area contributed by atoms with Crippen molar-refractivity contribution in [2.24, 2.45) is 10.9 Å². The summed E-state index contributed by atoms with van der Waals surface area (Å²) >= 11 is 0. The lowest BCUT2D eigenvalue weighted by molar-refractivity contribution is 0.317. The Hall–Kier alpha value is -0.980. The van der Waals surface area contributed by atoms with E-state index in [1.807, 2.05) is 12.1 Å². The van der Waals surface area contributed by atoms with Crippen LogP contribution >= 0.6 is 24.0 Å². The number of rotatable bonds is 6. The molecular formula is C17H28IN3O. The summed E-state index contributed by atoms with van der Waals surface area (Å²) in [4.78, 5) is 4.23. The highest BCUT2D eigenvalue weighted by molar-refractivity contribution is 14.0. The van der Waals surface area contributed by atoms with Crippen LogP contribution in [0.5, 0.6) is 5.75 Å². The summed E-state index contributed by atoms with van der Waals surface area (Å²) < 4.78 is 5.89. The standard InChI is InChI=1S/C17H27N3O.HI/c1-12(2)14-7-5-6-8-16(14)21-10-9-19-17(18-4)20-15-11-13(15)3;/h5-8,12-13,15H,9-11H2,1-4H3,(H2,18,19,20);1H. The fraction of sp³-hybridized carbons (Fsp3) is 0.588. The highest BCUT2D eigenvalue weighted by Gasteiger charge is 2.33. The molecule has 1 aromatic carbocycles. The van der Waals surface area contributed by atoms with Gasteiger partial charge in [-0.05, 0) is 29.9 Å². The number of hydrogen-bond acceptors (Lipinski definition) is 2. The van der Waals surface area contributed by atoms with Gasteiger partial charge in [0, 0.05) is 13.1 Å². The molecule has 1 fully saturated rings. The Balaban J connectivity index is 0.00000242. The molecule has 22 heavy (non-hydrogen) atoms. The van der Waals surface area contributed by atoms with Crippen LogP contribution in [0, 0.1) is 5.92 Å². The first-order valence-corrected chi connectivity index (χ1v) is 7.80. The van der Waals surface area contributed by atoms with Gasteiger partial charge in [0.1, 0.15) is 12.4 Å². The van der Waals surface area contributed by atoms with Crippen molar-refractivity contribution in [3.8, 4) is 5.75 Å². The second-order valence-corrected chi connectivity index (χ2v) is 6.00. The summed E-state index contributed by atoms with van der Waals surface area (Å²) in [6.45, 7) is 7.99. The van der Waals surface area contributed by atoms with Crippen molar-refractivity contribution in [3.05, 3.63) is 29.8 Å². The number of halogens is 1. The molecule has 0 bridgehead atoms. The minimum absolute atomic E-state index is 0. The highest BCUT2D eigenvalue weighted by atomic mass is 127. The summed E-state index contributed by atoms with van der Waals surface area (Å²) in [6.07, 6.45) is 1.24. The van der Waals surface area contributed by atoms with E-state index in [0.29, 0.717) is 18.6 Å². The van der Waals surface area contributed by atoms with Crippen molar-refractivity contribution in [2.45, 2.75) is 39.2 Å². The van der Waals surface area contributed by atoms with E-state index in [1.54, 1.807) is 7.05 Å². The van der Waals surface area contributed by atoms with Crippen LogP contribution in [0.2, 0.25) is 0 Å². The van der Waals surface area contributed by atoms with Crippen LogP contribution in [0.4, 0.5) is 0 Å². The predicted octanol–water partition coefficient (Wildman–Crippen LogP) is 3.38. The van der Waals surface area contributed by atoms with Gasteiger partial charge in [0.15, 0.2) is 5.96 Å². The molecule has 5 heteroatoms. The van der Waals surface area contributed by atoms with Crippen molar-refractivity contribution in [1.82, 2.24) is 10.6 Å². The summed E-state index contributed by atoms with van der Waals surface area (Å²) in [5, 5.41) is 6.70. The minimum Gasteiger partial charge on any atom is -0.491 e. The molecular weight excluding hydrogens is 389 g/mol. The number of benzene rings is 1. The summed E-state index contributed by atoms with van der Waals surface area (Å²) in [7, 11) is 1.80. The molecule has 2 rings (SSSR count). The van der Waals surface area contributed by atoms with Gasteiger partial charge >= 0.3 is 0 Å². The highest BCUT2D eigenvalue weighted by Crippen LogP contribution is 2.28. The topological polar surface area (TPSA) is 45.7 Å². The fourth-order valence-corrected chi connectivity index (χ4v) is 2.31. The Morgan fingerprint density at radius 1 is 1.36 bits per heavy atom. The van der Waals surface area contributed by atoms with Crippen molar-refractivity contribution < 1.29 is 4.74 Å². The van der Waals surface area contributed by atoms with Gasteiger partial charge < -0.3 is 15.4 Å². The Bertz CT molecular complexity index is 491. The molecule has 0 radical (unpaired) electrons. The lowest BCUT2D eigenvalue weighted by atomic mass is 10.0. The van der Waals surface area contributed by atoms with Crippen molar-refractivity contribution in [3.63, 3.8) is 0 Å². The zero-order valence-corrected chi connectivity index (χ0v) is 16.3. The van der Waals surface area contributed by atoms with Crippen molar-refractivity contribution in [2.75, 3.05) is 20.2 Å². The van der Waals surface area contributed by atoms with Crippen LogP contribution in [-0.4, -0.2) is 32.2 Å². The molecule has 4 nitrogen and oxygen atoms in total. The summed E-state index contributed by atoms with van der Waals surface area (Å²) in [5.41, 5.74) is 1.26. The lowest BCUT2D eigenvalue weighted by Crippen LogP contribution is -2.40. The summed E-state index contributed by atoms with van der Waals surface area (Å²) in [6, 6.07) is 8.82. The lowest BCUT2D eigenvalue weighted by Gasteiger charge is -2.15. The van der Waals surface area contributed by atoms with Gasteiger partial charge in [-0.15, -0.1) is 24.0 Å². The largest absolute Gasteiger partial charge is 0.491 e. The predicted molar refractivity (Wildman–Crippen MR) is 104 cm³/mol. The van der Waals surface area contributed by atoms with E-state index in [0.717, 1.165) is 24.2 Å². The van der Waals surface area contributed by atoms with Crippen molar-refractivity contribution in [1.29, 1.82) is 0 Å². The SMILES string of the molecule is CN=C(NCCOc1ccccc1C(C)C)NC1CC1C.I. The molecule has 2 unspecified atom stereocenters. The second kappa shape index (κ2) is 9.22. The quantitative estimate of drug-likeness (QED) is 0.323. The maximum absolute atomic E-state index is 5.89. The molecule has 0 saturated heterocycles. The molecule has 0 heterocycles. The molecule has 0 spiro atoms. The van der Waals surface area contributed by atoms with E-state index in [2.05, 4.69) is 48.5 Å². The van der Waals surface area contributed by atoms with Gasteiger partial charge in [-0.25, -0.2) is 0 Å². The van der Waals surface area contributed by atoms with Crippen LogP contribution in [0.3, 0.4) is 0 Å². The number of ether oxygens (including phenoxy) is 1. The van der Waals surface area contributed by atoms with Crippen LogP contribution in [0.25, 0.3) is 0 Å². The number of nitrogens with one attached hydrogen (secondary N) is 2. The average Bonchev–Trinajstić information content (AvgIpc) is 3.17. The molecule has 0 aromatic heterocycles. The minimum atomic E-state index is 0.